The number of aromatic hydroxyl groups is 1. The quantitative estimate of drug-likeness (QED) is 0.836. The molecule has 0 saturated heterocycles. The first-order chi connectivity index (χ1) is 10.7. The van der Waals surface area contributed by atoms with Crippen molar-refractivity contribution in [2.24, 2.45) is 0 Å². The molecule has 0 radical (unpaired) electrons. The van der Waals surface area contributed by atoms with Crippen molar-refractivity contribution in [3.63, 3.8) is 0 Å². The number of rotatable bonds is 5. The van der Waals surface area contributed by atoms with E-state index in [2.05, 4.69) is 0 Å². The van der Waals surface area contributed by atoms with Gasteiger partial charge in [-0.25, -0.2) is 17.5 Å². The summed E-state index contributed by atoms with van der Waals surface area (Å²) >= 11 is 0. The topological polar surface area (TPSA) is 97.0 Å². The summed E-state index contributed by atoms with van der Waals surface area (Å²) in [6.45, 7) is 1.54. The van der Waals surface area contributed by atoms with Gasteiger partial charge < -0.3 is 14.3 Å². The molecule has 7 nitrogen and oxygen atoms in total. The predicted octanol–water partition coefficient (Wildman–Crippen LogP) is 1.90. The normalized spacial score (nSPS) is 11.7. The van der Waals surface area contributed by atoms with E-state index in [1.807, 2.05) is 0 Å². The Kier molecular flexibility index (Phi) is 4.76. The molecule has 1 aromatic heterocycles. The first kappa shape index (κ1) is 17.0. The van der Waals surface area contributed by atoms with Gasteiger partial charge in [0, 0.05) is 14.1 Å². The van der Waals surface area contributed by atoms with Gasteiger partial charge in [0.05, 0.1) is 0 Å². The molecular weight excluding hydrogens is 322 g/mol. The average Bonchev–Trinajstić information content (AvgIpc) is 2.96. The zero-order chi connectivity index (χ0) is 17.2. The molecule has 8 heteroatoms. The number of nitrogens with zero attached hydrogens (tertiary/aromatic N) is 1. The van der Waals surface area contributed by atoms with Crippen molar-refractivity contribution in [1.29, 1.82) is 0 Å². The number of hydrogen-bond donors (Lipinski definition) is 1. The number of benzene rings is 1. The summed E-state index contributed by atoms with van der Waals surface area (Å²) in [5.41, 5.74) is 0.838. The third-order valence-corrected chi connectivity index (χ3v) is 4.78. The van der Waals surface area contributed by atoms with Crippen LogP contribution in [-0.4, -0.2) is 37.9 Å². The van der Waals surface area contributed by atoms with Gasteiger partial charge in [0.1, 0.15) is 23.7 Å². The highest BCUT2D eigenvalue weighted by Gasteiger charge is 2.22. The molecule has 0 bridgehead atoms. The van der Waals surface area contributed by atoms with E-state index in [9.17, 15) is 18.3 Å². The van der Waals surface area contributed by atoms with Crippen LogP contribution in [0.2, 0.25) is 0 Å². The van der Waals surface area contributed by atoms with Crippen molar-refractivity contribution in [2.45, 2.75) is 18.6 Å². The Balaban J connectivity index is 2.09. The summed E-state index contributed by atoms with van der Waals surface area (Å²) in [6.07, 6.45) is 0. The number of aryl methyl sites for hydroxylation is 1. The number of esters is 1. The molecular formula is C15H17NO6S. The lowest BCUT2D eigenvalue weighted by molar-refractivity contribution is 0.0437. The van der Waals surface area contributed by atoms with Crippen molar-refractivity contribution >= 4 is 16.0 Å². The fraction of sp³-hybridized carbons (Fsp3) is 0.267. The molecule has 2 rings (SSSR count). The Morgan fingerprint density at radius 2 is 1.96 bits per heavy atom. The maximum atomic E-state index is 12.0. The van der Waals surface area contributed by atoms with Gasteiger partial charge in [0.15, 0.2) is 0 Å². The summed E-state index contributed by atoms with van der Waals surface area (Å²) in [5, 5.41) is 9.44. The van der Waals surface area contributed by atoms with Crippen LogP contribution in [0.5, 0.6) is 5.75 Å². The van der Waals surface area contributed by atoms with E-state index in [4.69, 9.17) is 9.15 Å². The Bertz CT molecular complexity index is 822. The van der Waals surface area contributed by atoms with Crippen LogP contribution < -0.4 is 0 Å². The number of hydrogen-bond acceptors (Lipinski definition) is 6. The minimum Gasteiger partial charge on any atom is -0.507 e. The number of furan rings is 1. The molecule has 0 atom stereocenters. The minimum absolute atomic E-state index is 0.0395. The van der Waals surface area contributed by atoms with E-state index < -0.39 is 16.0 Å². The van der Waals surface area contributed by atoms with Crippen LogP contribution >= 0.6 is 0 Å². The zero-order valence-electron chi connectivity index (χ0n) is 12.9. The second-order valence-electron chi connectivity index (χ2n) is 5.10. The number of ether oxygens (including phenoxy) is 1. The lowest BCUT2D eigenvalue weighted by Gasteiger charge is -2.08. The number of carbonyl (C=O) groups excluding carboxylic acids is 1. The fourth-order valence-corrected chi connectivity index (χ4v) is 2.59. The molecule has 0 aliphatic rings. The van der Waals surface area contributed by atoms with Gasteiger partial charge in [-0.2, -0.15) is 0 Å². The van der Waals surface area contributed by atoms with Gasteiger partial charge in [-0.1, -0.05) is 11.6 Å². The molecule has 0 unspecified atom stereocenters. The summed E-state index contributed by atoms with van der Waals surface area (Å²) in [5.74, 6) is -0.721. The molecule has 0 saturated carbocycles. The first-order valence-corrected chi connectivity index (χ1v) is 8.14. The Hall–Kier alpha value is -2.32. The van der Waals surface area contributed by atoms with Gasteiger partial charge in [-0.3, -0.25) is 0 Å². The molecule has 1 aromatic carbocycles. The van der Waals surface area contributed by atoms with Crippen LogP contribution in [0.15, 0.2) is 39.8 Å². The van der Waals surface area contributed by atoms with E-state index in [1.54, 1.807) is 13.0 Å². The number of phenolic OH excluding ortho intramolecular Hbond substituents is 1. The first-order valence-electron chi connectivity index (χ1n) is 6.70. The van der Waals surface area contributed by atoms with Crippen LogP contribution in [0.3, 0.4) is 0 Å². The molecule has 1 N–H and O–H groups in total. The van der Waals surface area contributed by atoms with Gasteiger partial charge in [0.25, 0.3) is 10.0 Å². The van der Waals surface area contributed by atoms with Gasteiger partial charge in [-0.05, 0) is 31.2 Å². The summed E-state index contributed by atoms with van der Waals surface area (Å²) in [7, 11) is -0.899. The standard InChI is InChI=1S/C15H17NO6S/c1-10-4-6-13(17)12(8-10)15(18)21-9-11-5-7-14(22-11)23(19,20)16(2)3/h4-8,17H,9H2,1-3H3. The third kappa shape index (κ3) is 3.72. The van der Waals surface area contributed by atoms with Gasteiger partial charge in [-0.15, -0.1) is 0 Å². The molecule has 0 amide bonds. The molecule has 124 valence electrons. The molecule has 0 spiro atoms. The summed E-state index contributed by atoms with van der Waals surface area (Å²) < 4.78 is 35.0. The van der Waals surface area contributed by atoms with Crippen molar-refractivity contribution in [2.75, 3.05) is 14.1 Å². The number of sulfonamides is 1. The minimum atomic E-state index is -3.67. The van der Waals surface area contributed by atoms with Crippen molar-refractivity contribution in [3.8, 4) is 5.75 Å². The van der Waals surface area contributed by atoms with Crippen LogP contribution in [0.25, 0.3) is 0 Å². The average molecular weight is 339 g/mol. The van der Waals surface area contributed by atoms with Crippen LogP contribution in [0.1, 0.15) is 21.7 Å². The largest absolute Gasteiger partial charge is 0.507 e. The molecule has 0 aliphatic carbocycles. The Morgan fingerprint density at radius 1 is 1.26 bits per heavy atom. The highest BCUT2D eigenvalue weighted by atomic mass is 32.2. The molecule has 0 aliphatic heterocycles. The highest BCUT2D eigenvalue weighted by Crippen LogP contribution is 2.21. The van der Waals surface area contributed by atoms with E-state index in [0.717, 1.165) is 9.87 Å². The second kappa shape index (κ2) is 6.43. The molecule has 1 heterocycles. The molecule has 2 aromatic rings. The number of carbonyl (C=O) groups is 1. The predicted molar refractivity (Wildman–Crippen MR) is 81.5 cm³/mol. The monoisotopic (exact) mass is 339 g/mol. The Labute approximate surface area is 134 Å². The summed E-state index contributed by atoms with van der Waals surface area (Å²) in [4.78, 5) is 12.0. The lowest BCUT2D eigenvalue weighted by Crippen LogP contribution is -2.21. The van der Waals surface area contributed by atoms with E-state index in [1.165, 1.54) is 38.4 Å². The van der Waals surface area contributed by atoms with Crippen LogP contribution in [-0.2, 0) is 21.4 Å². The van der Waals surface area contributed by atoms with Crippen LogP contribution in [0, 0.1) is 6.92 Å². The van der Waals surface area contributed by atoms with Crippen molar-refractivity contribution in [1.82, 2.24) is 4.31 Å². The van der Waals surface area contributed by atoms with E-state index in [-0.39, 0.29) is 28.8 Å². The fourth-order valence-electron chi connectivity index (χ4n) is 1.78. The smallest absolute Gasteiger partial charge is 0.342 e. The van der Waals surface area contributed by atoms with E-state index >= 15 is 0 Å². The van der Waals surface area contributed by atoms with Crippen molar-refractivity contribution in [3.05, 3.63) is 47.2 Å². The van der Waals surface area contributed by atoms with Gasteiger partial charge >= 0.3 is 5.97 Å². The number of phenols is 1. The lowest BCUT2D eigenvalue weighted by atomic mass is 10.1. The SMILES string of the molecule is Cc1ccc(O)c(C(=O)OCc2ccc(S(=O)(=O)N(C)C)o2)c1. The van der Waals surface area contributed by atoms with Crippen molar-refractivity contribution < 1.29 is 27.5 Å². The van der Waals surface area contributed by atoms with Crippen LogP contribution in [0.4, 0.5) is 0 Å². The maximum Gasteiger partial charge on any atom is 0.342 e. The highest BCUT2D eigenvalue weighted by molar-refractivity contribution is 7.88. The maximum absolute atomic E-state index is 12.0. The van der Waals surface area contributed by atoms with E-state index in [0.29, 0.717) is 0 Å². The second-order valence-corrected chi connectivity index (χ2v) is 7.19. The summed E-state index contributed by atoms with van der Waals surface area (Å²) in [6, 6.07) is 7.28. The third-order valence-electron chi connectivity index (χ3n) is 3.09. The molecule has 0 fully saturated rings. The molecule has 23 heavy (non-hydrogen) atoms. The Morgan fingerprint density at radius 3 is 2.61 bits per heavy atom. The van der Waals surface area contributed by atoms with Gasteiger partial charge in [0.2, 0.25) is 5.09 Å². The zero-order valence-corrected chi connectivity index (χ0v) is 13.8.